The summed E-state index contributed by atoms with van der Waals surface area (Å²) in [4.78, 5) is 61.3. The Hall–Kier alpha value is -13.5. The first-order chi connectivity index (χ1) is 51.3. The van der Waals surface area contributed by atoms with Crippen molar-refractivity contribution in [1.29, 1.82) is 0 Å². The van der Waals surface area contributed by atoms with Crippen molar-refractivity contribution in [3.8, 4) is 102 Å². The second-order valence-electron chi connectivity index (χ2n) is 26.8. The number of nitrogens with zero attached hydrogens (tertiary/aromatic N) is 8. The molecule has 22 rings (SSSR count). The number of benzene rings is 14. The summed E-state index contributed by atoms with van der Waals surface area (Å²) in [5.74, 6) is 3.21. The summed E-state index contributed by atoms with van der Waals surface area (Å²) in [7, 11) is 0. The SMILES string of the molecule is O=c1c2ccccc2c2cc(-c3ccc4sc5ccccc5c4c3)cc3c4cc(-c5ccc6sc7cc(-c8ccc9c(c8)c(=O)n8c%10ccc(-c%11nc(-c%12ccccc%12)nc(-c%12ccccc%12)n%11)cc%10c%10cc(-c%11nc(-c%12ccccc%12)nc(-c%12ccccc%12)n%11)cc9c%108)ccc7c6c5)ccc4n1c23. The fraction of sp³-hybridized carbons (Fsp3) is 0. The molecule has 8 heterocycles. The van der Waals surface area contributed by atoms with E-state index in [1.807, 2.05) is 172 Å². The van der Waals surface area contributed by atoms with Crippen LogP contribution in [0.25, 0.3) is 218 Å². The Labute approximate surface area is 599 Å². The van der Waals surface area contributed by atoms with Gasteiger partial charge in [-0.15, -0.1) is 22.7 Å². The molecule has 0 unspecified atom stereocenters. The van der Waals surface area contributed by atoms with Gasteiger partial charge in [-0.25, -0.2) is 29.9 Å². The lowest BCUT2D eigenvalue weighted by Crippen LogP contribution is -2.13. The van der Waals surface area contributed by atoms with Crippen LogP contribution in [0.5, 0.6) is 0 Å². The smallest absolute Gasteiger partial charge is 0.263 e. The van der Waals surface area contributed by atoms with Crippen LogP contribution >= 0.6 is 22.7 Å². The molecule has 0 fully saturated rings. The minimum absolute atomic E-state index is 0.0143. The lowest BCUT2D eigenvalue weighted by atomic mass is 9.96. The van der Waals surface area contributed by atoms with Crippen LogP contribution in [0.4, 0.5) is 0 Å². The molecule has 0 amide bonds. The van der Waals surface area contributed by atoms with Gasteiger partial charge in [-0.1, -0.05) is 200 Å². The van der Waals surface area contributed by atoms with Crippen LogP contribution in [0.2, 0.25) is 0 Å². The predicted molar refractivity (Wildman–Crippen MR) is 430 cm³/mol. The predicted octanol–water partition coefficient (Wildman–Crippen LogP) is 22.8. The zero-order valence-corrected chi connectivity index (χ0v) is 56.7. The van der Waals surface area contributed by atoms with Gasteiger partial charge in [0.1, 0.15) is 0 Å². The molecule has 0 saturated heterocycles. The topological polar surface area (TPSA) is 120 Å². The van der Waals surface area contributed by atoms with Crippen molar-refractivity contribution < 1.29 is 0 Å². The second kappa shape index (κ2) is 22.5. The zero-order chi connectivity index (χ0) is 68.4. The van der Waals surface area contributed by atoms with Crippen molar-refractivity contribution in [2.75, 3.05) is 0 Å². The van der Waals surface area contributed by atoms with Gasteiger partial charge in [-0.2, -0.15) is 0 Å². The third kappa shape index (κ3) is 8.99. The van der Waals surface area contributed by atoms with E-state index in [4.69, 9.17) is 29.9 Å². The maximum Gasteiger partial charge on any atom is 0.263 e. The monoisotopic (exact) mass is 1360 g/mol. The van der Waals surface area contributed by atoms with Gasteiger partial charge < -0.3 is 0 Å². The van der Waals surface area contributed by atoms with Gasteiger partial charge in [0.25, 0.3) is 11.1 Å². The Morgan fingerprint density at radius 3 is 1.03 bits per heavy atom. The summed E-state index contributed by atoms with van der Waals surface area (Å²) in [6.07, 6.45) is 0. The molecular formula is C92H50N8O2S2. The van der Waals surface area contributed by atoms with Gasteiger partial charge in [0.2, 0.25) is 0 Å². The molecule has 22 aromatic rings. The molecular weight excluding hydrogens is 1310 g/mol. The van der Waals surface area contributed by atoms with Gasteiger partial charge in [-0.05, 0) is 147 Å². The third-order valence-corrected chi connectivity index (χ3v) is 23.2. The first-order valence-corrected chi connectivity index (χ1v) is 36.2. The molecule has 0 aliphatic rings. The number of thiophene rings is 2. The Bertz CT molecular complexity index is 7410. The molecule has 482 valence electrons. The maximum atomic E-state index is 15.8. The highest BCUT2D eigenvalue weighted by atomic mass is 32.1. The van der Waals surface area contributed by atoms with Crippen molar-refractivity contribution in [2.45, 2.75) is 0 Å². The Kier molecular flexibility index (Phi) is 12.6. The van der Waals surface area contributed by atoms with E-state index in [9.17, 15) is 4.79 Å². The molecule has 0 N–H and O–H groups in total. The summed E-state index contributed by atoms with van der Waals surface area (Å²) in [6.45, 7) is 0. The Balaban J connectivity index is 0.687. The minimum Gasteiger partial charge on any atom is -0.275 e. The van der Waals surface area contributed by atoms with Crippen molar-refractivity contribution in [3.63, 3.8) is 0 Å². The second-order valence-corrected chi connectivity index (χ2v) is 29.0. The largest absolute Gasteiger partial charge is 0.275 e. The summed E-state index contributed by atoms with van der Waals surface area (Å²) >= 11 is 3.59. The normalized spacial score (nSPS) is 12.1. The number of aromatic nitrogens is 8. The van der Waals surface area contributed by atoms with Crippen LogP contribution in [-0.2, 0) is 0 Å². The van der Waals surface area contributed by atoms with Crippen molar-refractivity contribution in [2.24, 2.45) is 0 Å². The molecule has 10 nitrogen and oxygen atoms in total. The standard InChI is InChI=1S/C92H50N8O2S2/c101-91-67-27-14-13-25-63(67)72-46-61(58-34-40-80-70(43-58)65-26-15-16-28-79(65)103-80)47-74-68-41-56(31-37-77(68)99(91)83(72)74)57-33-39-81-71(42-57)66-36-30-59(50-82(66)104-81)55-29-35-64-73-48-62(90-97-87(53-21-9-3-10-22-53)94-88(98-90)54-23-11-4-12-24-54)49-75-69-45-60(32-38-78(69)100(84(73)75)92(102)76(64)44-55)89-95-85(51-17-5-1-6-18-51)93-86(96-89)52-19-7-2-8-20-52/h1-50H. The van der Waals surface area contributed by atoms with Gasteiger partial charge in [0, 0.05) is 117 Å². The fourth-order valence-electron chi connectivity index (χ4n) is 15.9. The first kappa shape index (κ1) is 58.3. The molecule has 12 heteroatoms. The number of hydrogen-bond acceptors (Lipinski definition) is 10. The summed E-state index contributed by atoms with van der Waals surface area (Å²) in [5, 5.41) is 13.6. The number of pyridine rings is 2. The lowest BCUT2D eigenvalue weighted by Gasteiger charge is -2.12. The average Bonchev–Trinajstić information content (AvgIpc) is 1.54. The summed E-state index contributed by atoms with van der Waals surface area (Å²) < 4.78 is 8.67. The van der Waals surface area contributed by atoms with E-state index in [-0.39, 0.29) is 11.1 Å². The van der Waals surface area contributed by atoms with E-state index in [1.165, 1.54) is 24.9 Å². The molecule has 14 aromatic carbocycles. The minimum atomic E-state index is -0.126. The average molecular weight is 1360 g/mol. The third-order valence-electron chi connectivity index (χ3n) is 20.9. The van der Waals surface area contributed by atoms with Crippen LogP contribution in [0.3, 0.4) is 0 Å². The van der Waals surface area contributed by atoms with E-state index in [0.717, 1.165) is 147 Å². The summed E-state index contributed by atoms with van der Waals surface area (Å²) in [5.41, 5.74) is 14.6. The van der Waals surface area contributed by atoms with Crippen LogP contribution in [-0.4, -0.2) is 38.7 Å². The zero-order valence-electron chi connectivity index (χ0n) is 55.1. The molecule has 0 bridgehead atoms. The number of fused-ring (bicyclic) bond motifs is 16. The highest BCUT2D eigenvalue weighted by molar-refractivity contribution is 7.26. The van der Waals surface area contributed by atoms with Crippen molar-refractivity contribution in [1.82, 2.24) is 38.7 Å². The van der Waals surface area contributed by atoms with E-state index in [1.54, 1.807) is 11.3 Å². The van der Waals surface area contributed by atoms with E-state index in [0.29, 0.717) is 45.7 Å². The molecule has 0 spiro atoms. The van der Waals surface area contributed by atoms with Gasteiger partial charge in [-0.3, -0.25) is 18.4 Å². The summed E-state index contributed by atoms with van der Waals surface area (Å²) in [6, 6.07) is 105. The molecule has 0 radical (unpaired) electrons. The van der Waals surface area contributed by atoms with Crippen LogP contribution in [0.15, 0.2) is 313 Å². The number of hydrogen-bond donors (Lipinski definition) is 0. The van der Waals surface area contributed by atoms with Crippen molar-refractivity contribution >= 4 is 139 Å². The highest BCUT2D eigenvalue weighted by Gasteiger charge is 2.25. The molecule has 0 saturated carbocycles. The van der Waals surface area contributed by atoms with Crippen molar-refractivity contribution in [3.05, 3.63) is 324 Å². The molecule has 0 atom stereocenters. The van der Waals surface area contributed by atoms with Crippen LogP contribution in [0, 0.1) is 0 Å². The first-order valence-electron chi connectivity index (χ1n) is 34.5. The Morgan fingerprint density at radius 1 is 0.192 bits per heavy atom. The van der Waals surface area contributed by atoms with Gasteiger partial charge in [0.15, 0.2) is 34.9 Å². The quantitative estimate of drug-likeness (QED) is 0.131. The van der Waals surface area contributed by atoms with E-state index >= 15 is 4.79 Å². The molecule has 104 heavy (non-hydrogen) atoms. The van der Waals surface area contributed by atoms with E-state index in [2.05, 4.69) is 152 Å². The lowest BCUT2D eigenvalue weighted by molar-refractivity contribution is 1.07. The molecule has 8 aromatic heterocycles. The van der Waals surface area contributed by atoms with Gasteiger partial charge in [0.05, 0.1) is 22.1 Å². The fourth-order valence-corrected chi connectivity index (χ4v) is 18.2. The molecule has 0 aliphatic carbocycles. The Morgan fingerprint density at radius 2 is 0.500 bits per heavy atom. The van der Waals surface area contributed by atoms with E-state index < -0.39 is 0 Å². The van der Waals surface area contributed by atoms with Gasteiger partial charge >= 0.3 is 0 Å². The maximum absolute atomic E-state index is 15.8. The van der Waals surface area contributed by atoms with Crippen LogP contribution in [0.1, 0.15) is 0 Å². The molecule has 0 aliphatic heterocycles. The van der Waals surface area contributed by atoms with Crippen LogP contribution < -0.4 is 11.1 Å². The number of rotatable bonds is 9. The highest BCUT2D eigenvalue weighted by Crippen LogP contribution is 2.46.